The number of anilines is 1. The second-order valence-corrected chi connectivity index (χ2v) is 6.59. The van der Waals surface area contributed by atoms with Gasteiger partial charge in [0.15, 0.2) is 0 Å². The first kappa shape index (κ1) is 17.8. The molecule has 0 N–H and O–H groups in total. The zero-order chi connectivity index (χ0) is 18.4. The van der Waals surface area contributed by atoms with E-state index in [9.17, 15) is 4.91 Å². The third-order valence-corrected chi connectivity index (χ3v) is 4.67. The maximum Gasteiger partial charge on any atom is 0.119 e. The molecular weight excluding hydrogens is 322 g/mol. The normalized spacial score (nSPS) is 13.0. The summed E-state index contributed by atoms with van der Waals surface area (Å²) in [5.74, 6) is 0.0929. The summed E-state index contributed by atoms with van der Waals surface area (Å²) in [6.45, 7) is 0. The SMILES string of the molecule is CN(C)c1ccc(C(CC(N=O)c2cccnc2)c2ccccc2)cc1. The highest BCUT2D eigenvalue weighted by Crippen LogP contribution is 2.36. The van der Waals surface area contributed by atoms with Crippen molar-refractivity contribution in [2.24, 2.45) is 5.18 Å². The van der Waals surface area contributed by atoms with E-state index in [1.165, 1.54) is 11.1 Å². The molecule has 132 valence electrons. The molecule has 1 heterocycles. The number of rotatable bonds is 7. The van der Waals surface area contributed by atoms with Gasteiger partial charge in [-0.05, 0) is 41.3 Å². The van der Waals surface area contributed by atoms with Crippen LogP contribution in [0.2, 0.25) is 0 Å². The standard InChI is InChI=1S/C22H23N3O/c1-25(2)20-12-10-18(11-13-20)21(17-7-4-3-5-8-17)15-22(24-26)19-9-6-14-23-16-19/h3-14,16,21-22H,15H2,1-2H3. The van der Waals surface area contributed by atoms with Crippen molar-refractivity contribution in [1.29, 1.82) is 0 Å². The molecule has 0 fully saturated rings. The number of benzene rings is 2. The Bertz CT molecular complexity index is 817. The van der Waals surface area contributed by atoms with Gasteiger partial charge in [0, 0.05) is 38.1 Å². The highest BCUT2D eigenvalue weighted by atomic mass is 16.3. The molecule has 0 radical (unpaired) electrons. The lowest BCUT2D eigenvalue weighted by Crippen LogP contribution is -2.10. The fourth-order valence-electron chi connectivity index (χ4n) is 3.19. The van der Waals surface area contributed by atoms with Crippen molar-refractivity contribution in [1.82, 2.24) is 4.98 Å². The number of nitrogens with zero attached hydrogens (tertiary/aromatic N) is 3. The first-order valence-electron chi connectivity index (χ1n) is 8.73. The number of aromatic nitrogens is 1. The molecule has 1 aromatic heterocycles. The first-order chi connectivity index (χ1) is 12.7. The summed E-state index contributed by atoms with van der Waals surface area (Å²) >= 11 is 0. The average Bonchev–Trinajstić information content (AvgIpc) is 2.70. The van der Waals surface area contributed by atoms with E-state index in [0.717, 1.165) is 11.3 Å². The van der Waals surface area contributed by atoms with E-state index in [1.807, 2.05) is 44.4 Å². The minimum Gasteiger partial charge on any atom is -0.378 e. The predicted octanol–water partition coefficient (Wildman–Crippen LogP) is 5.18. The third kappa shape index (κ3) is 4.14. The smallest absolute Gasteiger partial charge is 0.119 e. The molecule has 0 saturated heterocycles. The topological polar surface area (TPSA) is 45.6 Å². The van der Waals surface area contributed by atoms with E-state index in [4.69, 9.17) is 0 Å². The van der Waals surface area contributed by atoms with E-state index in [0.29, 0.717) is 6.42 Å². The molecule has 0 aliphatic rings. The molecule has 26 heavy (non-hydrogen) atoms. The Morgan fingerprint density at radius 2 is 1.54 bits per heavy atom. The van der Waals surface area contributed by atoms with Gasteiger partial charge < -0.3 is 4.90 Å². The van der Waals surface area contributed by atoms with Gasteiger partial charge >= 0.3 is 0 Å². The molecule has 0 aliphatic carbocycles. The van der Waals surface area contributed by atoms with Crippen molar-refractivity contribution in [2.45, 2.75) is 18.4 Å². The van der Waals surface area contributed by atoms with Crippen LogP contribution in [-0.2, 0) is 0 Å². The largest absolute Gasteiger partial charge is 0.378 e. The van der Waals surface area contributed by atoms with Crippen LogP contribution in [0.3, 0.4) is 0 Å². The molecule has 0 amide bonds. The predicted molar refractivity (Wildman–Crippen MR) is 106 cm³/mol. The number of hydrogen-bond donors (Lipinski definition) is 0. The van der Waals surface area contributed by atoms with Crippen LogP contribution < -0.4 is 4.90 Å². The molecule has 2 aromatic carbocycles. The van der Waals surface area contributed by atoms with Gasteiger partial charge in [0.2, 0.25) is 0 Å². The van der Waals surface area contributed by atoms with Gasteiger partial charge in [-0.25, -0.2) is 0 Å². The molecular formula is C22H23N3O. The second-order valence-electron chi connectivity index (χ2n) is 6.59. The van der Waals surface area contributed by atoms with Crippen LogP contribution >= 0.6 is 0 Å². The van der Waals surface area contributed by atoms with Crippen molar-refractivity contribution >= 4 is 5.69 Å². The quantitative estimate of drug-likeness (QED) is 0.554. The van der Waals surface area contributed by atoms with Crippen molar-refractivity contribution in [2.75, 3.05) is 19.0 Å². The van der Waals surface area contributed by atoms with E-state index in [2.05, 4.69) is 51.5 Å². The van der Waals surface area contributed by atoms with Crippen LogP contribution in [0.5, 0.6) is 0 Å². The molecule has 0 bridgehead atoms. The lowest BCUT2D eigenvalue weighted by molar-refractivity contribution is 0.593. The Balaban J connectivity index is 1.94. The molecule has 0 spiro atoms. The van der Waals surface area contributed by atoms with Crippen LogP contribution in [-0.4, -0.2) is 19.1 Å². The number of pyridine rings is 1. The fraction of sp³-hybridized carbons (Fsp3) is 0.227. The van der Waals surface area contributed by atoms with Crippen LogP contribution in [0.15, 0.2) is 84.3 Å². The first-order valence-corrected chi connectivity index (χ1v) is 8.73. The van der Waals surface area contributed by atoms with Crippen molar-refractivity contribution in [3.05, 3.63) is 101 Å². The Hall–Kier alpha value is -3.01. The Kier molecular flexibility index (Phi) is 5.74. The molecule has 0 aliphatic heterocycles. The van der Waals surface area contributed by atoms with Gasteiger partial charge in [-0.3, -0.25) is 4.98 Å². The van der Waals surface area contributed by atoms with Gasteiger partial charge in [-0.2, -0.15) is 4.91 Å². The van der Waals surface area contributed by atoms with Crippen LogP contribution in [0.4, 0.5) is 5.69 Å². The van der Waals surface area contributed by atoms with Gasteiger partial charge in [0.05, 0.1) is 0 Å². The van der Waals surface area contributed by atoms with E-state index >= 15 is 0 Å². The minimum absolute atomic E-state index is 0.0929. The molecule has 3 aromatic rings. The lowest BCUT2D eigenvalue weighted by atomic mass is 9.84. The summed E-state index contributed by atoms with van der Waals surface area (Å²) in [6.07, 6.45) is 4.05. The Morgan fingerprint density at radius 3 is 2.12 bits per heavy atom. The lowest BCUT2D eigenvalue weighted by Gasteiger charge is -2.22. The van der Waals surface area contributed by atoms with Gasteiger partial charge in [-0.15, -0.1) is 0 Å². The van der Waals surface area contributed by atoms with Crippen molar-refractivity contribution in [3.63, 3.8) is 0 Å². The summed E-state index contributed by atoms with van der Waals surface area (Å²) < 4.78 is 0. The Labute approximate surface area is 154 Å². The van der Waals surface area contributed by atoms with Crippen LogP contribution in [0, 0.1) is 4.91 Å². The third-order valence-electron chi connectivity index (χ3n) is 4.67. The summed E-state index contributed by atoms with van der Waals surface area (Å²) in [7, 11) is 4.05. The summed E-state index contributed by atoms with van der Waals surface area (Å²) in [5.41, 5.74) is 4.37. The molecule has 0 saturated carbocycles. The maximum atomic E-state index is 11.6. The minimum atomic E-state index is -0.428. The Morgan fingerprint density at radius 1 is 0.885 bits per heavy atom. The van der Waals surface area contributed by atoms with E-state index in [-0.39, 0.29) is 5.92 Å². The monoisotopic (exact) mass is 345 g/mol. The van der Waals surface area contributed by atoms with Crippen LogP contribution in [0.1, 0.15) is 35.1 Å². The zero-order valence-electron chi connectivity index (χ0n) is 15.1. The second kappa shape index (κ2) is 8.39. The van der Waals surface area contributed by atoms with E-state index < -0.39 is 6.04 Å². The van der Waals surface area contributed by atoms with Crippen molar-refractivity contribution in [3.8, 4) is 0 Å². The van der Waals surface area contributed by atoms with Crippen LogP contribution in [0.25, 0.3) is 0 Å². The highest BCUT2D eigenvalue weighted by molar-refractivity contribution is 5.48. The molecule has 3 rings (SSSR count). The zero-order valence-corrected chi connectivity index (χ0v) is 15.1. The summed E-state index contributed by atoms with van der Waals surface area (Å²) in [4.78, 5) is 17.8. The maximum absolute atomic E-state index is 11.6. The van der Waals surface area contributed by atoms with Crippen molar-refractivity contribution < 1.29 is 0 Å². The molecule has 2 unspecified atom stereocenters. The average molecular weight is 345 g/mol. The molecule has 4 heteroatoms. The summed E-state index contributed by atoms with van der Waals surface area (Å²) in [5, 5.41) is 3.40. The van der Waals surface area contributed by atoms with E-state index in [1.54, 1.807) is 12.4 Å². The van der Waals surface area contributed by atoms with Gasteiger partial charge in [-0.1, -0.05) is 53.7 Å². The number of nitroso groups, excluding NO2 is 1. The summed E-state index contributed by atoms with van der Waals surface area (Å²) in [6, 6.07) is 22.1. The van der Waals surface area contributed by atoms with Gasteiger partial charge in [0.1, 0.15) is 6.04 Å². The highest BCUT2D eigenvalue weighted by Gasteiger charge is 2.22. The molecule has 4 nitrogen and oxygen atoms in total. The molecule has 2 atom stereocenters. The number of hydrogen-bond acceptors (Lipinski definition) is 4. The van der Waals surface area contributed by atoms with Gasteiger partial charge in [0.25, 0.3) is 0 Å². The fourth-order valence-corrected chi connectivity index (χ4v) is 3.19.